The summed E-state index contributed by atoms with van der Waals surface area (Å²) in [6.45, 7) is 34.1. The Hall–Kier alpha value is -4.59. The number of nitrogen functional groups attached to an aromatic ring is 3. The van der Waals surface area contributed by atoms with Crippen molar-refractivity contribution in [2.24, 2.45) is 16.2 Å². The molecular formula is C60H95N15O14P2S. The number of hydrogen-bond donors (Lipinski definition) is 5. The summed E-state index contributed by atoms with van der Waals surface area (Å²) < 4.78 is 86.4. The van der Waals surface area contributed by atoms with Gasteiger partial charge in [0, 0.05) is 19.3 Å². The third-order valence-corrected chi connectivity index (χ3v) is 19.1. The van der Waals surface area contributed by atoms with Crippen LogP contribution in [-0.2, 0) is 67.6 Å². The minimum absolute atomic E-state index is 0.0785. The van der Waals surface area contributed by atoms with Crippen LogP contribution in [0.3, 0.4) is 0 Å². The molecule has 5 unspecified atom stereocenters. The monoisotopic (exact) mass is 1340 g/mol. The van der Waals surface area contributed by atoms with Crippen LogP contribution in [0.25, 0.3) is 33.5 Å². The number of imidazole rings is 3. The van der Waals surface area contributed by atoms with Crippen LogP contribution in [0.5, 0.6) is 0 Å². The molecule has 29 nitrogen and oxygen atoms in total. The average Bonchev–Trinajstić information content (AvgIpc) is 1.58. The van der Waals surface area contributed by atoms with E-state index in [0.717, 1.165) is 12.8 Å². The zero-order chi connectivity index (χ0) is 67.4. The minimum atomic E-state index is -4.42. The largest absolute Gasteiger partial charge is 0.473 e. The molecule has 6 aliphatic heterocycles. The van der Waals surface area contributed by atoms with Gasteiger partial charge in [-0.2, -0.15) is 0 Å². The number of phosphoric acid groups is 1. The molecule has 6 saturated heterocycles. The molecule has 0 spiro atoms. The topological polar surface area (TPSA) is 368 Å². The molecule has 92 heavy (non-hydrogen) atoms. The standard InChI is InChI=1S/C20H32N5O6P.C20H32N5O5PS.C20H31N5O3/c1-18(2,3)9-20-7-8-28-13(14(20)30-32(26,27)31-19(4,5)6)17(29-20)25-11-24-12-15(21)22-10-23-16(12)25;1-18(2,3)9-20-7-8-27-13(14(20)29-31(26,32)30-19(4,5)6)17(28-20)25-11-24-12-15(21)22-10-23-16(12)25;1-18(2,3)9-20-7-8-26-13(14(20)27-19(4,5)6)17(28-20)25-11-24-12-15(21)22-10-23-16(12)25/h10-11,13-14,17H,7-9H2,1-6H3,(H,26,27)(H2,21,22,23);10-11,13-14,17H,7-9H2,1-6H3,(H,26,32)(H2,21,22,23);10-11,13-14,17H,7-9H2,1-6H3,(H2,21,22,23)/t13-,14?,17+,20+;13-,14?,17+,20+,31?;13-,14?,17+,20+/m000/s1. The van der Waals surface area contributed by atoms with Gasteiger partial charge in [0.1, 0.15) is 89.0 Å². The number of anilines is 3. The lowest BCUT2D eigenvalue weighted by Crippen LogP contribution is -2.54. The molecule has 14 atom stereocenters. The summed E-state index contributed by atoms with van der Waals surface area (Å²) in [5, 5.41) is 0. The second-order valence-corrected chi connectivity index (χ2v) is 35.5. The Morgan fingerprint density at radius 3 is 1.12 bits per heavy atom. The SMILES string of the molecule is CC(C)(C)C[C@]12CCO[C@@H](C1OC(C)(C)C)[C@H](n1cnc3c(N)ncnc31)O2.CC(C)(C)C[C@]12CCO[C@@H](C1OP(=O)(O)OC(C)(C)C)[C@H](n1cnc3c(N)ncnc31)O2.CC(C)(C)C[C@]12CCO[C@@H](C1OP(O)(=S)OC(C)(C)C)[C@H](n1cnc3c(N)ncnc31)O2. The van der Waals surface area contributed by atoms with Crippen molar-refractivity contribution in [2.75, 3.05) is 37.0 Å². The lowest BCUT2D eigenvalue weighted by atomic mass is 9.76. The van der Waals surface area contributed by atoms with Crippen LogP contribution in [0.2, 0.25) is 0 Å². The van der Waals surface area contributed by atoms with Crippen LogP contribution in [0, 0.1) is 16.2 Å². The Balaban J connectivity index is 0.000000152. The lowest BCUT2D eigenvalue weighted by molar-refractivity contribution is -0.195. The van der Waals surface area contributed by atoms with Crippen molar-refractivity contribution in [3.63, 3.8) is 0 Å². The highest BCUT2D eigenvalue weighted by atomic mass is 32.5. The third kappa shape index (κ3) is 15.3. The van der Waals surface area contributed by atoms with E-state index in [-0.39, 0.29) is 51.9 Å². The Labute approximate surface area is 542 Å². The fourth-order valence-corrected chi connectivity index (χ4v) is 17.4. The molecule has 0 aliphatic carbocycles. The van der Waals surface area contributed by atoms with E-state index in [4.69, 9.17) is 80.3 Å². The molecule has 8 N–H and O–H groups in total. The smallest absolute Gasteiger partial charge is 0.382 e. The van der Waals surface area contributed by atoms with Gasteiger partial charge >= 0.3 is 14.5 Å². The van der Waals surface area contributed by atoms with Gasteiger partial charge in [0.15, 0.2) is 53.1 Å². The van der Waals surface area contributed by atoms with Gasteiger partial charge in [0.25, 0.3) is 0 Å². The summed E-state index contributed by atoms with van der Waals surface area (Å²) in [5.74, 6) is 0.904. The summed E-state index contributed by atoms with van der Waals surface area (Å²) >= 11 is 5.38. The predicted octanol–water partition coefficient (Wildman–Crippen LogP) is 9.61. The summed E-state index contributed by atoms with van der Waals surface area (Å²) in [5.41, 5.74) is 17.1. The van der Waals surface area contributed by atoms with Crippen molar-refractivity contribution in [1.29, 1.82) is 0 Å². The maximum atomic E-state index is 12.9. The van der Waals surface area contributed by atoms with E-state index in [0.29, 0.717) is 84.8 Å². The molecule has 6 bridgehead atoms. The Kier molecular flexibility index (Phi) is 18.9. The summed E-state index contributed by atoms with van der Waals surface area (Å²) in [7, 11) is -4.42. The van der Waals surface area contributed by atoms with Crippen molar-refractivity contribution >= 4 is 77.3 Å². The molecule has 6 fully saturated rings. The molecule has 0 saturated carbocycles. The van der Waals surface area contributed by atoms with E-state index in [1.807, 2.05) is 25.3 Å². The Bertz CT molecular complexity index is 3560. The number of phosphoric ester groups is 1. The molecule has 510 valence electrons. The molecular weight excluding hydrogens is 1250 g/mol. The van der Waals surface area contributed by atoms with E-state index in [9.17, 15) is 14.4 Å². The maximum Gasteiger partial charge on any atom is 0.473 e. The molecule has 0 aromatic carbocycles. The molecule has 12 heterocycles. The number of rotatable bonds is 13. The zero-order valence-corrected chi connectivity index (χ0v) is 58.8. The van der Waals surface area contributed by atoms with Gasteiger partial charge in [-0.25, -0.2) is 49.4 Å². The normalized spacial score (nSPS) is 30.6. The van der Waals surface area contributed by atoms with Crippen molar-refractivity contribution in [3.8, 4) is 0 Å². The molecule has 0 radical (unpaired) electrons. The lowest BCUT2D eigenvalue weighted by Gasteiger charge is -2.44. The van der Waals surface area contributed by atoms with Crippen LogP contribution in [0.15, 0.2) is 38.0 Å². The van der Waals surface area contributed by atoms with Crippen LogP contribution in [-0.4, -0.2) is 158 Å². The first-order valence-electron chi connectivity index (χ1n) is 31.2. The molecule has 6 aromatic rings. The van der Waals surface area contributed by atoms with Gasteiger partial charge in [-0.15, -0.1) is 0 Å². The van der Waals surface area contributed by atoms with Gasteiger partial charge < -0.3 is 64.7 Å². The number of nitrogens with zero attached hydrogens (tertiary/aromatic N) is 12. The highest BCUT2D eigenvalue weighted by molar-refractivity contribution is 8.07. The van der Waals surface area contributed by atoms with E-state index in [2.05, 4.69) is 128 Å². The van der Waals surface area contributed by atoms with Crippen molar-refractivity contribution < 1.29 is 65.6 Å². The molecule has 32 heteroatoms. The van der Waals surface area contributed by atoms with Crippen molar-refractivity contribution in [1.82, 2.24) is 58.6 Å². The number of ether oxygens (including phenoxy) is 7. The minimum Gasteiger partial charge on any atom is -0.382 e. The third-order valence-electron chi connectivity index (χ3n) is 16.1. The van der Waals surface area contributed by atoms with E-state index in [1.165, 1.54) is 19.0 Å². The van der Waals surface area contributed by atoms with Gasteiger partial charge in [0.05, 0.1) is 55.6 Å². The highest BCUT2D eigenvalue weighted by Gasteiger charge is 2.65. The molecule has 12 rings (SSSR count). The van der Waals surface area contributed by atoms with E-state index < -0.39 is 79.4 Å². The second kappa shape index (κ2) is 24.8. The van der Waals surface area contributed by atoms with Crippen molar-refractivity contribution in [2.45, 2.75) is 252 Å². The zero-order valence-electron chi connectivity index (χ0n) is 56.2. The number of nitrogens with two attached hydrogens (primary N) is 3. The Morgan fingerprint density at radius 1 is 0.489 bits per heavy atom. The maximum absolute atomic E-state index is 12.9. The van der Waals surface area contributed by atoms with Gasteiger partial charge in [-0.05, 0) is 110 Å². The fraction of sp³-hybridized carbons (Fsp3) is 0.750. The summed E-state index contributed by atoms with van der Waals surface area (Å²) in [6.07, 6.45) is 8.36. The quantitative estimate of drug-likeness (QED) is 0.0671. The van der Waals surface area contributed by atoms with Crippen molar-refractivity contribution in [3.05, 3.63) is 38.0 Å². The van der Waals surface area contributed by atoms with Crippen LogP contribution in [0.4, 0.5) is 17.5 Å². The van der Waals surface area contributed by atoms with Crippen LogP contribution < -0.4 is 17.2 Å². The predicted molar refractivity (Wildman–Crippen MR) is 345 cm³/mol. The Morgan fingerprint density at radius 2 is 0.804 bits per heavy atom. The summed E-state index contributed by atoms with van der Waals surface area (Å²) in [6, 6.07) is 0. The first-order chi connectivity index (χ1) is 42.4. The van der Waals surface area contributed by atoms with E-state index >= 15 is 0 Å². The number of fused-ring (bicyclic) bond motifs is 9. The fourth-order valence-electron chi connectivity index (χ4n) is 13.8. The second-order valence-electron chi connectivity index (χ2n) is 31.5. The van der Waals surface area contributed by atoms with Gasteiger partial charge in [0.2, 0.25) is 0 Å². The number of hydrogen-bond acceptors (Lipinski definition) is 25. The first-order valence-corrected chi connectivity index (χ1v) is 35.3. The molecule has 6 aromatic heterocycles. The molecule has 0 amide bonds. The highest BCUT2D eigenvalue weighted by Crippen LogP contribution is 2.61. The number of aromatic nitrogens is 12. The van der Waals surface area contributed by atoms with Crippen LogP contribution in [0.1, 0.15) is 182 Å². The summed E-state index contributed by atoms with van der Waals surface area (Å²) in [4.78, 5) is 59.7. The first kappa shape index (κ1) is 70.2. The van der Waals surface area contributed by atoms with Gasteiger partial charge in [-0.1, -0.05) is 62.3 Å². The van der Waals surface area contributed by atoms with Crippen LogP contribution >= 0.6 is 14.5 Å². The van der Waals surface area contributed by atoms with E-state index in [1.54, 1.807) is 48.9 Å². The average molecular weight is 1340 g/mol. The van der Waals surface area contributed by atoms with Gasteiger partial charge in [-0.3, -0.25) is 27.3 Å². The molecule has 6 aliphatic rings.